The van der Waals surface area contributed by atoms with Crippen molar-refractivity contribution in [2.45, 2.75) is 18.9 Å². The summed E-state index contributed by atoms with van der Waals surface area (Å²) in [5, 5.41) is 0. The third-order valence-electron chi connectivity index (χ3n) is 3.53. The molecular formula is C16H13F2NO. The zero-order valence-electron chi connectivity index (χ0n) is 10.9. The number of alkyl halides is 2. The van der Waals surface area contributed by atoms with E-state index in [2.05, 4.69) is 0 Å². The van der Waals surface area contributed by atoms with Gasteiger partial charge in [-0.15, -0.1) is 0 Å². The Kier molecular flexibility index (Phi) is 2.82. The number of nitrogens with zero attached hydrogens (tertiary/aromatic N) is 1. The zero-order valence-corrected chi connectivity index (χ0v) is 10.9. The number of anilines is 1. The number of aryl methyl sites for hydroxylation is 1. The molecule has 1 amide bonds. The van der Waals surface area contributed by atoms with E-state index in [4.69, 9.17) is 0 Å². The van der Waals surface area contributed by atoms with Crippen LogP contribution in [0.25, 0.3) is 0 Å². The summed E-state index contributed by atoms with van der Waals surface area (Å²) in [5.41, 5.74) is 1.96. The number of benzene rings is 2. The van der Waals surface area contributed by atoms with Crippen LogP contribution in [0.15, 0.2) is 54.6 Å². The molecule has 1 atom stereocenters. The first-order valence-corrected chi connectivity index (χ1v) is 6.35. The second kappa shape index (κ2) is 4.40. The van der Waals surface area contributed by atoms with Crippen LogP contribution in [-0.2, 0) is 4.79 Å². The Morgan fingerprint density at radius 1 is 1.00 bits per heavy atom. The summed E-state index contributed by atoms with van der Waals surface area (Å²) in [5.74, 6) is -4.48. The van der Waals surface area contributed by atoms with Gasteiger partial charge in [0.15, 0.2) is 0 Å². The number of hydrogen-bond acceptors (Lipinski definition) is 1. The molecule has 0 unspecified atom stereocenters. The third-order valence-corrected chi connectivity index (χ3v) is 3.53. The lowest BCUT2D eigenvalue weighted by Crippen LogP contribution is -2.64. The molecule has 1 heterocycles. The van der Waals surface area contributed by atoms with Crippen molar-refractivity contribution in [2.24, 2.45) is 0 Å². The Labute approximate surface area is 115 Å². The molecule has 1 aliphatic rings. The molecule has 1 aliphatic heterocycles. The Morgan fingerprint density at radius 3 is 2.20 bits per heavy atom. The van der Waals surface area contributed by atoms with Crippen molar-refractivity contribution >= 4 is 11.6 Å². The molecule has 0 aromatic heterocycles. The van der Waals surface area contributed by atoms with E-state index in [0.717, 1.165) is 10.5 Å². The standard InChI is InChI=1S/C16H13F2NO/c1-11-7-9-13(10-8-11)19-14(16(17,18)15(19)20)12-5-3-2-4-6-12/h2-10,14H,1H3/t14-/m1/s1. The maximum Gasteiger partial charge on any atom is 0.349 e. The molecule has 0 radical (unpaired) electrons. The molecule has 4 heteroatoms. The lowest BCUT2D eigenvalue weighted by molar-refractivity contribution is -0.162. The second-order valence-electron chi connectivity index (χ2n) is 4.95. The van der Waals surface area contributed by atoms with Gasteiger partial charge in [-0.1, -0.05) is 48.0 Å². The van der Waals surface area contributed by atoms with Gasteiger partial charge >= 0.3 is 11.8 Å². The summed E-state index contributed by atoms with van der Waals surface area (Å²) in [7, 11) is 0. The summed E-state index contributed by atoms with van der Waals surface area (Å²) in [4.78, 5) is 12.9. The number of rotatable bonds is 2. The first kappa shape index (κ1) is 12.8. The van der Waals surface area contributed by atoms with Crippen LogP contribution in [0.4, 0.5) is 14.5 Å². The van der Waals surface area contributed by atoms with E-state index in [-0.39, 0.29) is 0 Å². The molecule has 2 aromatic rings. The predicted octanol–water partition coefficient (Wildman–Crippen LogP) is 3.72. The van der Waals surface area contributed by atoms with Crippen LogP contribution in [-0.4, -0.2) is 11.8 Å². The van der Waals surface area contributed by atoms with E-state index in [1.54, 1.807) is 54.6 Å². The first-order valence-electron chi connectivity index (χ1n) is 6.35. The highest BCUT2D eigenvalue weighted by atomic mass is 19.3. The minimum absolute atomic E-state index is 0.442. The van der Waals surface area contributed by atoms with Gasteiger partial charge in [0.1, 0.15) is 6.04 Å². The Bertz CT molecular complexity index is 637. The second-order valence-corrected chi connectivity index (χ2v) is 4.95. The zero-order chi connectivity index (χ0) is 14.3. The van der Waals surface area contributed by atoms with E-state index in [1.807, 2.05) is 6.92 Å². The van der Waals surface area contributed by atoms with Crippen molar-refractivity contribution in [1.82, 2.24) is 0 Å². The van der Waals surface area contributed by atoms with Crippen molar-refractivity contribution in [1.29, 1.82) is 0 Å². The normalized spacial score (nSPS) is 20.6. The number of carbonyl (C=O) groups is 1. The van der Waals surface area contributed by atoms with Gasteiger partial charge in [-0.05, 0) is 24.6 Å². The maximum absolute atomic E-state index is 13.9. The molecule has 1 saturated heterocycles. The minimum atomic E-state index is -3.34. The molecule has 0 saturated carbocycles. The van der Waals surface area contributed by atoms with Crippen molar-refractivity contribution in [3.05, 3.63) is 65.7 Å². The fourth-order valence-corrected chi connectivity index (χ4v) is 2.46. The predicted molar refractivity (Wildman–Crippen MR) is 72.8 cm³/mol. The SMILES string of the molecule is Cc1ccc(N2C(=O)C(F)(F)[C@H]2c2ccccc2)cc1. The van der Waals surface area contributed by atoms with Crippen LogP contribution in [0.5, 0.6) is 0 Å². The molecule has 102 valence electrons. The number of carbonyl (C=O) groups excluding carboxylic acids is 1. The van der Waals surface area contributed by atoms with Gasteiger partial charge in [0.25, 0.3) is 0 Å². The fraction of sp³-hybridized carbons (Fsp3) is 0.188. The van der Waals surface area contributed by atoms with Crippen molar-refractivity contribution in [3.63, 3.8) is 0 Å². The van der Waals surface area contributed by atoms with Crippen LogP contribution < -0.4 is 4.90 Å². The van der Waals surface area contributed by atoms with E-state index >= 15 is 0 Å². The minimum Gasteiger partial charge on any atom is -0.293 e. The number of halogens is 2. The largest absolute Gasteiger partial charge is 0.349 e. The summed E-state index contributed by atoms with van der Waals surface area (Å²) >= 11 is 0. The molecule has 1 fully saturated rings. The van der Waals surface area contributed by atoms with Gasteiger partial charge in [-0.3, -0.25) is 9.69 Å². The van der Waals surface area contributed by atoms with E-state index in [9.17, 15) is 13.6 Å². The molecule has 20 heavy (non-hydrogen) atoms. The third kappa shape index (κ3) is 1.80. The molecular weight excluding hydrogens is 260 g/mol. The van der Waals surface area contributed by atoms with E-state index in [1.165, 1.54) is 0 Å². The Balaban J connectivity index is 2.02. The molecule has 2 nitrogen and oxygen atoms in total. The van der Waals surface area contributed by atoms with Gasteiger partial charge in [0.05, 0.1) is 0 Å². The summed E-state index contributed by atoms with van der Waals surface area (Å²) in [6.45, 7) is 1.91. The summed E-state index contributed by atoms with van der Waals surface area (Å²) < 4.78 is 27.8. The smallest absolute Gasteiger partial charge is 0.293 e. The molecule has 0 bridgehead atoms. The lowest BCUT2D eigenvalue weighted by Gasteiger charge is -2.46. The van der Waals surface area contributed by atoms with Crippen LogP contribution in [0.3, 0.4) is 0 Å². The maximum atomic E-state index is 13.9. The molecule has 0 spiro atoms. The highest BCUT2D eigenvalue weighted by molar-refractivity contribution is 6.07. The van der Waals surface area contributed by atoms with Gasteiger partial charge < -0.3 is 0 Å². The van der Waals surface area contributed by atoms with Crippen molar-refractivity contribution in [2.75, 3.05) is 4.90 Å². The monoisotopic (exact) mass is 273 g/mol. The van der Waals surface area contributed by atoms with Crippen molar-refractivity contribution in [3.8, 4) is 0 Å². The van der Waals surface area contributed by atoms with Crippen LogP contribution >= 0.6 is 0 Å². The van der Waals surface area contributed by atoms with Crippen molar-refractivity contribution < 1.29 is 13.6 Å². The number of β-lactam (4-membered cyclic amide) rings is 1. The first-order chi connectivity index (χ1) is 9.51. The van der Waals surface area contributed by atoms with Gasteiger partial charge in [-0.25, -0.2) is 0 Å². The Hall–Kier alpha value is -2.23. The average molecular weight is 273 g/mol. The van der Waals surface area contributed by atoms with Crippen LogP contribution in [0, 0.1) is 6.92 Å². The van der Waals surface area contributed by atoms with E-state index < -0.39 is 17.9 Å². The number of hydrogen-bond donors (Lipinski definition) is 0. The highest BCUT2D eigenvalue weighted by Gasteiger charge is 2.64. The van der Waals surface area contributed by atoms with Crippen LogP contribution in [0.1, 0.15) is 17.2 Å². The quantitative estimate of drug-likeness (QED) is 0.764. The average Bonchev–Trinajstić information content (AvgIpc) is 2.46. The van der Waals surface area contributed by atoms with Gasteiger partial charge in [0, 0.05) is 5.69 Å². The van der Waals surface area contributed by atoms with Gasteiger partial charge in [-0.2, -0.15) is 8.78 Å². The summed E-state index contributed by atoms with van der Waals surface area (Å²) in [6.07, 6.45) is 0. The fourth-order valence-electron chi connectivity index (χ4n) is 2.46. The van der Waals surface area contributed by atoms with Gasteiger partial charge in [0.2, 0.25) is 0 Å². The number of amides is 1. The molecule has 2 aromatic carbocycles. The molecule has 0 N–H and O–H groups in total. The summed E-state index contributed by atoms with van der Waals surface area (Å²) in [6, 6.07) is 14.2. The lowest BCUT2D eigenvalue weighted by atomic mass is 9.89. The topological polar surface area (TPSA) is 20.3 Å². The van der Waals surface area contributed by atoms with Crippen LogP contribution in [0.2, 0.25) is 0 Å². The van der Waals surface area contributed by atoms with E-state index in [0.29, 0.717) is 11.3 Å². The Morgan fingerprint density at radius 2 is 1.60 bits per heavy atom. The highest BCUT2D eigenvalue weighted by Crippen LogP contribution is 2.49. The molecule has 3 rings (SSSR count). The molecule has 0 aliphatic carbocycles.